The van der Waals surface area contributed by atoms with E-state index in [1.807, 2.05) is 16.8 Å². The smallest absolute Gasteiger partial charge is 0.233 e. The van der Waals surface area contributed by atoms with Gasteiger partial charge in [0.05, 0.1) is 11.6 Å². The Morgan fingerprint density at radius 1 is 1.43 bits per heavy atom. The van der Waals surface area contributed by atoms with E-state index in [2.05, 4.69) is 16.2 Å². The van der Waals surface area contributed by atoms with Crippen LogP contribution in [0.4, 0.5) is 0 Å². The molecule has 2 heterocycles. The number of nitrogens with zero attached hydrogens (tertiary/aromatic N) is 3. The maximum atomic E-state index is 5.71. The molecule has 0 aromatic carbocycles. The minimum absolute atomic E-state index is 0.447. The minimum atomic E-state index is 0.447. The number of hydrogen-bond acceptors (Lipinski definition) is 2. The lowest BCUT2D eigenvalue weighted by Crippen LogP contribution is -1.90. The molecule has 0 atom stereocenters. The van der Waals surface area contributed by atoms with E-state index in [4.69, 9.17) is 11.6 Å². The molecule has 1 saturated carbocycles. The van der Waals surface area contributed by atoms with E-state index < -0.39 is 0 Å². The van der Waals surface area contributed by atoms with Gasteiger partial charge >= 0.3 is 0 Å². The number of fused-ring (bicyclic) bond motifs is 1. The van der Waals surface area contributed by atoms with Gasteiger partial charge in [0.1, 0.15) is 0 Å². The third-order valence-corrected chi connectivity index (χ3v) is 2.84. The predicted octanol–water partition coefficient (Wildman–Crippen LogP) is 2.35. The van der Waals surface area contributed by atoms with Crippen LogP contribution in [0.25, 0.3) is 5.78 Å². The first-order valence-electron chi connectivity index (χ1n) is 4.76. The lowest BCUT2D eigenvalue weighted by atomic mass is 10.2. The van der Waals surface area contributed by atoms with Gasteiger partial charge in [-0.1, -0.05) is 0 Å². The summed E-state index contributed by atoms with van der Waals surface area (Å²) in [6.45, 7) is 0. The second-order valence-electron chi connectivity index (χ2n) is 3.73. The van der Waals surface area contributed by atoms with Gasteiger partial charge in [-0.3, -0.25) is 4.40 Å². The lowest BCUT2D eigenvalue weighted by molar-refractivity contribution is 1.01. The second-order valence-corrected chi connectivity index (χ2v) is 4.00. The van der Waals surface area contributed by atoms with Crippen molar-refractivity contribution in [1.29, 1.82) is 0 Å². The maximum absolute atomic E-state index is 5.71. The van der Waals surface area contributed by atoms with E-state index in [0.29, 0.717) is 5.88 Å². The van der Waals surface area contributed by atoms with Gasteiger partial charge in [-0.25, -0.2) is 9.97 Å². The molecule has 0 spiro atoms. The van der Waals surface area contributed by atoms with Gasteiger partial charge in [0.15, 0.2) is 0 Å². The molecule has 2 aromatic heterocycles. The first-order chi connectivity index (χ1) is 6.86. The quantitative estimate of drug-likeness (QED) is 0.708. The predicted molar refractivity (Wildman–Crippen MR) is 54.5 cm³/mol. The Kier molecular flexibility index (Phi) is 1.74. The number of aromatic nitrogens is 3. The summed E-state index contributed by atoms with van der Waals surface area (Å²) in [4.78, 5) is 8.58. The van der Waals surface area contributed by atoms with Crippen LogP contribution in [0.1, 0.15) is 30.0 Å². The molecule has 72 valence electrons. The average molecular weight is 208 g/mol. The van der Waals surface area contributed by atoms with Gasteiger partial charge in [0.2, 0.25) is 5.78 Å². The van der Waals surface area contributed by atoms with Crippen LogP contribution in [-0.2, 0) is 5.88 Å². The SMILES string of the molecule is ClCc1cn2cc(C3CC3)cnc2n1. The molecule has 3 rings (SSSR count). The van der Waals surface area contributed by atoms with Crippen LogP contribution >= 0.6 is 11.6 Å². The van der Waals surface area contributed by atoms with Crippen molar-refractivity contribution in [1.82, 2.24) is 14.4 Å². The molecule has 1 aliphatic carbocycles. The topological polar surface area (TPSA) is 30.2 Å². The fourth-order valence-electron chi connectivity index (χ4n) is 1.64. The van der Waals surface area contributed by atoms with Gasteiger partial charge in [-0.05, 0) is 24.3 Å². The zero-order chi connectivity index (χ0) is 9.54. The molecule has 0 radical (unpaired) electrons. The summed E-state index contributed by atoms with van der Waals surface area (Å²) in [5.41, 5.74) is 2.20. The molecule has 3 nitrogen and oxygen atoms in total. The van der Waals surface area contributed by atoms with E-state index in [0.717, 1.165) is 17.4 Å². The lowest BCUT2D eigenvalue weighted by Gasteiger charge is -1.97. The van der Waals surface area contributed by atoms with Crippen molar-refractivity contribution >= 4 is 17.4 Å². The van der Waals surface area contributed by atoms with Crippen molar-refractivity contribution in [3.05, 3.63) is 29.8 Å². The van der Waals surface area contributed by atoms with Crippen LogP contribution in [0.3, 0.4) is 0 Å². The summed E-state index contributed by atoms with van der Waals surface area (Å²) in [5, 5.41) is 0. The Balaban J connectivity index is 2.12. The Morgan fingerprint density at radius 2 is 2.29 bits per heavy atom. The Morgan fingerprint density at radius 3 is 3.00 bits per heavy atom. The van der Waals surface area contributed by atoms with Crippen molar-refractivity contribution in [2.75, 3.05) is 0 Å². The molecular formula is C10H10ClN3. The largest absolute Gasteiger partial charge is 0.291 e. The zero-order valence-electron chi connectivity index (χ0n) is 7.65. The number of hydrogen-bond donors (Lipinski definition) is 0. The molecule has 0 aliphatic heterocycles. The highest BCUT2D eigenvalue weighted by Crippen LogP contribution is 2.39. The first-order valence-corrected chi connectivity index (χ1v) is 5.30. The number of imidazole rings is 1. The van der Waals surface area contributed by atoms with Crippen LogP contribution in [0.5, 0.6) is 0 Å². The summed E-state index contributed by atoms with van der Waals surface area (Å²) in [7, 11) is 0. The van der Waals surface area contributed by atoms with Crippen LogP contribution in [0, 0.1) is 0 Å². The highest BCUT2D eigenvalue weighted by molar-refractivity contribution is 6.16. The highest BCUT2D eigenvalue weighted by atomic mass is 35.5. The molecule has 0 unspecified atom stereocenters. The van der Waals surface area contributed by atoms with Crippen molar-refractivity contribution in [2.24, 2.45) is 0 Å². The van der Waals surface area contributed by atoms with E-state index in [-0.39, 0.29) is 0 Å². The van der Waals surface area contributed by atoms with Crippen LogP contribution in [0.2, 0.25) is 0 Å². The second kappa shape index (κ2) is 2.95. The Hall–Kier alpha value is -1.09. The molecule has 0 N–H and O–H groups in total. The average Bonchev–Trinajstić information content (AvgIpc) is 2.97. The summed E-state index contributed by atoms with van der Waals surface area (Å²) < 4.78 is 1.96. The molecule has 4 heteroatoms. The molecule has 0 bridgehead atoms. The Bertz CT molecular complexity index is 473. The van der Waals surface area contributed by atoms with E-state index in [1.165, 1.54) is 18.4 Å². The zero-order valence-corrected chi connectivity index (χ0v) is 8.41. The Labute approximate surface area is 86.7 Å². The summed E-state index contributed by atoms with van der Waals surface area (Å²) in [6, 6.07) is 0. The van der Waals surface area contributed by atoms with Gasteiger partial charge in [-0.2, -0.15) is 0 Å². The fourth-order valence-corrected chi connectivity index (χ4v) is 1.77. The van der Waals surface area contributed by atoms with E-state index >= 15 is 0 Å². The molecular weight excluding hydrogens is 198 g/mol. The summed E-state index contributed by atoms with van der Waals surface area (Å²) in [6.07, 6.45) is 8.58. The molecule has 14 heavy (non-hydrogen) atoms. The molecule has 1 aliphatic rings. The van der Waals surface area contributed by atoms with Gasteiger partial charge in [0, 0.05) is 18.6 Å². The third kappa shape index (κ3) is 1.28. The number of halogens is 1. The number of rotatable bonds is 2. The highest BCUT2D eigenvalue weighted by Gasteiger charge is 2.24. The van der Waals surface area contributed by atoms with E-state index in [9.17, 15) is 0 Å². The normalized spacial score (nSPS) is 16.4. The van der Waals surface area contributed by atoms with E-state index in [1.54, 1.807) is 0 Å². The fraction of sp³-hybridized carbons (Fsp3) is 0.400. The van der Waals surface area contributed by atoms with Crippen molar-refractivity contribution in [3.63, 3.8) is 0 Å². The molecule has 0 amide bonds. The monoisotopic (exact) mass is 207 g/mol. The maximum Gasteiger partial charge on any atom is 0.233 e. The van der Waals surface area contributed by atoms with Crippen molar-refractivity contribution in [3.8, 4) is 0 Å². The number of alkyl halides is 1. The van der Waals surface area contributed by atoms with Crippen LogP contribution in [0.15, 0.2) is 18.6 Å². The third-order valence-electron chi connectivity index (χ3n) is 2.57. The van der Waals surface area contributed by atoms with Gasteiger partial charge in [-0.15, -0.1) is 11.6 Å². The van der Waals surface area contributed by atoms with Crippen LogP contribution < -0.4 is 0 Å². The molecule has 1 fully saturated rings. The van der Waals surface area contributed by atoms with Crippen molar-refractivity contribution in [2.45, 2.75) is 24.6 Å². The summed E-state index contributed by atoms with van der Waals surface area (Å²) in [5.74, 6) is 1.92. The van der Waals surface area contributed by atoms with Gasteiger partial charge < -0.3 is 0 Å². The summed E-state index contributed by atoms with van der Waals surface area (Å²) >= 11 is 5.71. The van der Waals surface area contributed by atoms with Crippen LogP contribution in [-0.4, -0.2) is 14.4 Å². The molecule has 0 saturated heterocycles. The minimum Gasteiger partial charge on any atom is -0.291 e. The first kappa shape index (κ1) is 8.24. The molecule has 2 aromatic rings. The van der Waals surface area contributed by atoms with Crippen molar-refractivity contribution < 1.29 is 0 Å². The standard InChI is InChI=1S/C10H10ClN3/c11-3-9-6-14-5-8(7-1-2-7)4-12-10(14)13-9/h4-7H,1-3H2. The van der Waals surface area contributed by atoms with Gasteiger partial charge in [0.25, 0.3) is 0 Å².